The Balaban J connectivity index is 1.52. The zero-order valence-corrected chi connectivity index (χ0v) is 20.5. The Labute approximate surface area is 199 Å². The van der Waals surface area contributed by atoms with Crippen molar-refractivity contribution in [2.75, 3.05) is 13.7 Å². The first-order valence-electron chi connectivity index (χ1n) is 11.8. The number of hydrogen-bond acceptors (Lipinski definition) is 7. The molecule has 4 rings (SSSR count). The normalized spacial score (nSPS) is 21.4. The van der Waals surface area contributed by atoms with E-state index in [1.54, 1.807) is 17.9 Å². The second kappa shape index (κ2) is 9.32. The number of nitrogens with zero attached hydrogens (tertiary/aromatic N) is 5. The monoisotopic (exact) mass is 470 g/mol. The number of likely N-dealkylation sites (tertiary alicyclic amines) is 1. The molecule has 2 N–H and O–H groups in total. The molecular weight excluding hydrogens is 436 g/mol. The summed E-state index contributed by atoms with van der Waals surface area (Å²) in [6, 6.07) is 2.21. The molecular formula is C24H34N6O4. The fourth-order valence-corrected chi connectivity index (χ4v) is 4.53. The largest absolute Gasteiger partial charge is 0.495 e. The van der Waals surface area contributed by atoms with Gasteiger partial charge in [-0.3, -0.25) is 14.6 Å². The van der Waals surface area contributed by atoms with Crippen molar-refractivity contribution in [3.63, 3.8) is 0 Å². The summed E-state index contributed by atoms with van der Waals surface area (Å²) in [5, 5.41) is 21.8. The van der Waals surface area contributed by atoms with Crippen molar-refractivity contribution in [1.29, 1.82) is 0 Å². The number of nitrogens with one attached hydrogen (secondary N) is 1. The highest BCUT2D eigenvalue weighted by Crippen LogP contribution is 2.40. The standard InChI is InChI=1S/C24H34N6O4/c1-14-6-9-20(34-5)17(26-14)11-25-22(32)19-10-16(31)12-29(19)23(33)21(24(2,3)4)30-13-18(27-28-30)15-7-8-15/h6,9,13,15-16,19,21,31H,7-8,10-12H2,1-5H3,(H,25,32)/t16?,19?,21-/m1/s1. The summed E-state index contributed by atoms with van der Waals surface area (Å²) in [5.74, 6) is 0.419. The molecule has 0 aromatic carbocycles. The van der Waals surface area contributed by atoms with Gasteiger partial charge in [-0.2, -0.15) is 0 Å². The van der Waals surface area contributed by atoms with Gasteiger partial charge in [-0.25, -0.2) is 4.68 Å². The Morgan fingerprint density at radius 1 is 1.29 bits per heavy atom. The molecule has 1 saturated heterocycles. The number of aromatic nitrogens is 4. The number of rotatable bonds is 7. The van der Waals surface area contributed by atoms with Crippen LogP contribution in [0.15, 0.2) is 18.3 Å². The van der Waals surface area contributed by atoms with Crippen LogP contribution in [-0.4, -0.2) is 67.6 Å². The van der Waals surface area contributed by atoms with Crippen LogP contribution in [0.2, 0.25) is 0 Å². The molecule has 3 atom stereocenters. The molecule has 1 aliphatic heterocycles. The average molecular weight is 471 g/mol. The third kappa shape index (κ3) is 5.06. The lowest BCUT2D eigenvalue weighted by atomic mass is 9.85. The van der Waals surface area contributed by atoms with E-state index in [0.717, 1.165) is 24.2 Å². The van der Waals surface area contributed by atoms with Gasteiger partial charge in [0.2, 0.25) is 11.8 Å². The fourth-order valence-electron chi connectivity index (χ4n) is 4.53. The lowest BCUT2D eigenvalue weighted by Crippen LogP contribution is -2.50. The predicted molar refractivity (Wildman–Crippen MR) is 124 cm³/mol. The molecule has 184 valence electrons. The number of aliphatic hydroxyl groups is 1. The van der Waals surface area contributed by atoms with Gasteiger partial charge in [0.05, 0.1) is 25.5 Å². The van der Waals surface area contributed by atoms with Crippen LogP contribution in [0, 0.1) is 12.3 Å². The van der Waals surface area contributed by atoms with Crippen LogP contribution in [0.4, 0.5) is 0 Å². The number of carbonyl (C=O) groups is 2. The maximum atomic E-state index is 13.8. The van der Waals surface area contributed by atoms with E-state index < -0.39 is 23.6 Å². The highest BCUT2D eigenvalue weighted by atomic mass is 16.5. The van der Waals surface area contributed by atoms with Crippen LogP contribution in [0.1, 0.15) is 69.1 Å². The van der Waals surface area contributed by atoms with Crippen LogP contribution in [0.3, 0.4) is 0 Å². The van der Waals surface area contributed by atoms with Crippen LogP contribution in [0.25, 0.3) is 0 Å². The lowest BCUT2D eigenvalue weighted by Gasteiger charge is -2.34. The number of aliphatic hydroxyl groups excluding tert-OH is 1. The molecule has 0 bridgehead atoms. The number of β-amino-alcohol motifs (C(OH)–C–C–N with tert-alkyl or cyclic N) is 1. The minimum atomic E-state index is -0.783. The van der Waals surface area contributed by atoms with E-state index >= 15 is 0 Å². The van der Waals surface area contributed by atoms with Gasteiger partial charge in [0.1, 0.15) is 23.5 Å². The second-order valence-corrected chi connectivity index (χ2v) is 10.4. The number of aryl methyl sites for hydroxylation is 1. The summed E-state index contributed by atoms with van der Waals surface area (Å²) in [6.45, 7) is 8.01. The van der Waals surface area contributed by atoms with E-state index in [-0.39, 0.29) is 31.3 Å². The highest BCUT2D eigenvalue weighted by Gasteiger charge is 2.45. The summed E-state index contributed by atoms with van der Waals surface area (Å²) < 4.78 is 6.96. The molecule has 2 aromatic rings. The first-order valence-corrected chi connectivity index (χ1v) is 11.8. The van der Waals surface area contributed by atoms with E-state index in [1.165, 1.54) is 4.90 Å². The third-order valence-corrected chi connectivity index (χ3v) is 6.43. The topological polar surface area (TPSA) is 122 Å². The Bertz CT molecular complexity index is 1060. The zero-order valence-electron chi connectivity index (χ0n) is 20.5. The van der Waals surface area contributed by atoms with E-state index in [0.29, 0.717) is 17.4 Å². The van der Waals surface area contributed by atoms with Crippen LogP contribution < -0.4 is 10.1 Å². The van der Waals surface area contributed by atoms with Gasteiger partial charge in [0.25, 0.3) is 0 Å². The molecule has 2 amide bonds. The van der Waals surface area contributed by atoms with Crippen molar-refractivity contribution in [3.8, 4) is 5.75 Å². The minimum absolute atomic E-state index is 0.0969. The Morgan fingerprint density at radius 3 is 2.68 bits per heavy atom. The number of hydrogen-bond donors (Lipinski definition) is 2. The van der Waals surface area contributed by atoms with E-state index in [9.17, 15) is 14.7 Å². The van der Waals surface area contributed by atoms with Crippen molar-refractivity contribution in [1.82, 2.24) is 30.2 Å². The average Bonchev–Trinajstić information content (AvgIpc) is 3.38. The summed E-state index contributed by atoms with van der Waals surface area (Å²) >= 11 is 0. The summed E-state index contributed by atoms with van der Waals surface area (Å²) in [6.07, 6.45) is 3.44. The smallest absolute Gasteiger partial charge is 0.248 e. The molecule has 34 heavy (non-hydrogen) atoms. The van der Waals surface area contributed by atoms with Gasteiger partial charge in [0, 0.05) is 30.8 Å². The van der Waals surface area contributed by atoms with Gasteiger partial charge in [0.15, 0.2) is 0 Å². The Hall–Kier alpha value is -3.01. The molecule has 0 radical (unpaired) electrons. The van der Waals surface area contributed by atoms with Gasteiger partial charge in [-0.05, 0) is 37.3 Å². The lowest BCUT2D eigenvalue weighted by molar-refractivity contribution is -0.144. The van der Waals surface area contributed by atoms with Gasteiger partial charge in [-0.1, -0.05) is 26.0 Å². The number of amides is 2. The molecule has 10 heteroatoms. The first kappa shape index (κ1) is 24.1. The van der Waals surface area contributed by atoms with E-state index in [1.807, 2.05) is 40.0 Å². The summed E-state index contributed by atoms with van der Waals surface area (Å²) in [5.41, 5.74) is 1.84. The highest BCUT2D eigenvalue weighted by molar-refractivity contribution is 5.90. The van der Waals surface area contributed by atoms with Crippen molar-refractivity contribution < 1.29 is 19.4 Å². The first-order chi connectivity index (χ1) is 16.1. The van der Waals surface area contributed by atoms with Gasteiger partial charge >= 0.3 is 0 Å². The van der Waals surface area contributed by atoms with Crippen molar-refractivity contribution >= 4 is 11.8 Å². The maximum Gasteiger partial charge on any atom is 0.248 e. The van der Waals surface area contributed by atoms with Gasteiger partial charge < -0.3 is 20.1 Å². The third-order valence-electron chi connectivity index (χ3n) is 6.43. The van der Waals surface area contributed by atoms with E-state index in [4.69, 9.17) is 4.74 Å². The number of methoxy groups -OCH3 is 1. The van der Waals surface area contributed by atoms with Crippen LogP contribution >= 0.6 is 0 Å². The molecule has 2 aromatic heterocycles. The molecule has 2 unspecified atom stereocenters. The predicted octanol–water partition coefficient (Wildman–Crippen LogP) is 1.73. The number of pyridine rings is 1. The number of ether oxygens (including phenoxy) is 1. The summed E-state index contributed by atoms with van der Waals surface area (Å²) in [7, 11) is 1.55. The molecule has 2 fully saturated rings. The second-order valence-electron chi connectivity index (χ2n) is 10.4. The van der Waals surface area contributed by atoms with E-state index in [2.05, 4.69) is 20.6 Å². The molecule has 10 nitrogen and oxygen atoms in total. The SMILES string of the molecule is COc1ccc(C)nc1CNC(=O)C1CC(O)CN1C(=O)[C@@H](n1cc(C2CC2)nn1)C(C)(C)C. The molecule has 3 heterocycles. The molecule has 1 saturated carbocycles. The quantitative estimate of drug-likeness (QED) is 0.632. The van der Waals surface area contributed by atoms with Crippen molar-refractivity contribution in [3.05, 3.63) is 35.4 Å². The Morgan fingerprint density at radius 2 is 2.03 bits per heavy atom. The van der Waals surface area contributed by atoms with Crippen molar-refractivity contribution in [2.24, 2.45) is 5.41 Å². The molecule has 2 aliphatic rings. The maximum absolute atomic E-state index is 13.8. The Kier molecular flexibility index (Phi) is 6.62. The minimum Gasteiger partial charge on any atom is -0.495 e. The number of carbonyl (C=O) groups excluding carboxylic acids is 2. The van der Waals surface area contributed by atoms with Crippen molar-refractivity contribution in [2.45, 2.75) is 77.6 Å². The fraction of sp³-hybridized carbons (Fsp3) is 0.625. The molecule has 1 aliphatic carbocycles. The van der Waals surface area contributed by atoms with Crippen LogP contribution in [0.5, 0.6) is 5.75 Å². The molecule has 0 spiro atoms. The summed E-state index contributed by atoms with van der Waals surface area (Å²) in [4.78, 5) is 32.9. The zero-order chi connectivity index (χ0) is 24.6. The van der Waals surface area contributed by atoms with Crippen LogP contribution in [-0.2, 0) is 16.1 Å². The van der Waals surface area contributed by atoms with Gasteiger partial charge in [-0.15, -0.1) is 5.10 Å².